The van der Waals surface area contributed by atoms with E-state index in [0.29, 0.717) is 19.0 Å². The van der Waals surface area contributed by atoms with Crippen LogP contribution in [0.15, 0.2) is 29.2 Å². The van der Waals surface area contributed by atoms with E-state index in [2.05, 4.69) is 19.2 Å². The first-order valence-electron chi connectivity index (χ1n) is 9.41. The van der Waals surface area contributed by atoms with E-state index in [1.54, 1.807) is 17.0 Å². The second-order valence-electron chi connectivity index (χ2n) is 7.20. The second-order valence-corrected chi connectivity index (χ2v) is 9.14. The number of carbonyl (C=O) groups is 1. The second kappa shape index (κ2) is 10.2. The van der Waals surface area contributed by atoms with Gasteiger partial charge in [-0.25, -0.2) is 8.42 Å². The van der Waals surface area contributed by atoms with Crippen molar-refractivity contribution in [3.63, 3.8) is 0 Å². The number of rotatable bonds is 9. The van der Waals surface area contributed by atoms with Gasteiger partial charge in [0.1, 0.15) is 0 Å². The number of carbonyl (C=O) groups excluding carboxylic acids is 1. The summed E-state index contributed by atoms with van der Waals surface area (Å²) in [7, 11) is -2.24. The molecule has 8 heteroatoms. The van der Waals surface area contributed by atoms with Gasteiger partial charge in [0, 0.05) is 39.8 Å². The van der Waals surface area contributed by atoms with Gasteiger partial charge in [-0.2, -0.15) is 4.31 Å². The molecule has 1 aromatic carbocycles. The van der Waals surface area contributed by atoms with E-state index in [9.17, 15) is 13.2 Å². The first-order chi connectivity index (χ1) is 12.8. The zero-order chi connectivity index (χ0) is 19.9. The van der Waals surface area contributed by atoms with E-state index < -0.39 is 10.0 Å². The standard InChI is InChI=1S/C19H31N3O4S/c1-16(2)14-17-4-6-18(7-5-17)27(24,25)22(12-13-26-3)15-19(23)21-10-8-20-9-11-21/h4-7,16,20H,8-15H2,1-3H3. The van der Waals surface area contributed by atoms with Crippen LogP contribution < -0.4 is 5.32 Å². The fraction of sp³-hybridized carbons (Fsp3) is 0.632. The molecular formula is C19H31N3O4S. The number of amides is 1. The number of piperazine rings is 1. The highest BCUT2D eigenvalue weighted by Crippen LogP contribution is 2.18. The monoisotopic (exact) mass is 397 g/mol. The van der Waals surface area contributed by atoms with Gasteiger partial charge in [-0.1, -0.05) is 26.0 Å². The molecule has 0 spiro atoms. The number of nitrogens with one attached hydrogen (secondary N) is 1. The Morgan fingerprint density at radius 1 is 1.22 bits per heavy atom. The molecule has 2 rings (SSSR count). The smallest absolute Gasteiger partial charge is 0.243 e. The number of sulfonamides is 1. The lowest BCUT2D eigenvalue weighted by molar-refractivity contribution is -0.132. The Morgan fingerprint density at radius 2 is 1.85 bits per heavy atom. The number of methoxy groups -OCH3 is 1. The third kappa shape index (κ3) is 6.27. The average molecular weight is 398 g/mol. The van der Waals surface area contributed by atoms with E-state index in [4.69, 9.17) is 4.74 Å². The summed E-state index contributed by atoms with van der Waals surface area (Å²) in [5, 5.41) is 3.19. The van der Waals surface area contributed by atoms with Crippen molar-refractivity contribution in [3.05, 3.63) is 29.8 Å². The van der Waals surface area contributed by atoms with Gasteiger partial charge >= 0.3 is 0 Å². The van der Waals surface area contributed by atoms with Gasteiger partial charge in [-0.15, -0.1) is 0 Å². The van der Waals surface area contributed by atoms with Crippen molar-refractivity contribution in [3.8, 4) is 0 Å². The normalized spacial score (nSPS) is 15.5. The topological polar surface area (TPSA) is 79.0 Å². The minimum absolute atomic E-state index is 0.143. The molecule has 0 aromatic heterocycles. The van der Waals surface area contributed by atoms with Gasteiger partial charge < -0.3 is 15.0 Å². The summed E-state index contributed by atoms with van der Waals surface area (Å²) >= 11 is 0. The van der Waals surface area contributed by atoms with Crippen LogP contribution in [0.25, 0.3) is 0 Å². The molecule has 0 aliphatic carbocycles. The molecule has 1 N–H and O–H groups in total. The van der Waals surface area contributed by atoms with Crippen LogP contribution in [0.5, 0.6) is 0 Å². The summed E-state index contributed by atoms with van der Waals surface area (Å²) in [5.41, 5.74) is 1.10. The fourth-order valence-electron chi connectivity index (χ4n) is 3.06. The number of hydrogen-bond acceptors (Lipinski definition) is 5. The minimum Gasteiger partial charge on any atom is -0.383 e. The average Bonchev–Trinajstić information content (AvgIpc) is 2.65. The molecular weight excluding hydrogens is 366 g/mol. The van der Waals surface area contributed by atoms with Crippen LogP contribution >= 0.6 is 0 Å². The van der Waals surface area contributed by atoms with Crippen LogP contribution in [0.3, 0.4) is 0 Å². The van der Waals surface area contributed by atoms with Gasteiger partial charge in [0.05, 0.1) is 18.0 Å². The Kier molecular flexibility index (Phi) is 8.22. The van der Waals surface area contributed by atoms with E-state index >= 15 is 0 Å². The molecule has 1 saturated heterocycles. The highest BCUT2D eigenvalue weighted by molar-refractivity contribution is 7.89. The van der Waals surface area contributed by atoms with E-state index in [1.807, 2.05) is 12.1 Å². The number of ether oxygens (including phenoxy) is 1. The van der Waals surface area contributed by atoms with Crippen molar-refractivity contribution in [1.29, 1.82) is 0 Å². The van der Waals surface area contributed by atoms with Crippen LogP contribution in [0.1, 0.15) is 19.4 Å². The van der Waals surface area contributed by atoms with E-state index in [0.717, 1.165) is 25.1 Å². The van der Waals surface area contributed by atoms with Crippen molar-refractivity contribution >= 4 is 15.9 Å². The predicted octanol–water partition coefficient (Wildman–Crippen LogP) is 0.954. The van der Waals surface area contributed by atoms with Gasteiger partial charge in [0.2, 0.25) is 15.9 Å². The number of benzene rings is 1. The van der Waals surface area contributed by atoms with Crippen molar-refractivity contribution in [2.75, 3.05) is 53.0 Å². The summed E-state index contributed by atoms with van der Waals surface area (Å²) < 4.78 is 32.4. The zero-order valence-electron chi connectivity index (χ0n) is 16.5. The third-order valence-corrected chi connectivity index (χ3v) is 6.39. The van der Waals surface area contributed by atoms with Gasteiger partial charge in [0.25, 0.3) is 0 Å². The molecule has 1 amide bonds. The van der Waals surface area contributed by atoms with Crippen LogP contribution in [-0.4, -0.2) is 76.5 Å². The molecule has 1 aliphatic rings. The highest BCUT2D eigenvalue weighted by Gasteiger charge is 2.28. The van der Waals surface area contributed by atoms with Gasteiger partial charge in [-0.05, 0) is 30.0 Å². The van der Waals surface area contributed by atoms with Crippen LogP contribution in [0.2, 0.25) is 0 Å². The SMILES string of the molecule is COCCN(CC(=O)N1CCNCC1)S(=O)(=O)c1ccc(CC(C)C)cc1. The summed E-state index contributed by atoms with van der Waals surface area (Å²) in [6, 6.07) is 6.95. The molecule has 1 heterocycles. The van der Waals surface area contributed by atoms with Crippen molar-refractivity contribution in [2.24, 2.45) is 5.92 Å². The molecule has 27 heavy (non-hydrogen) atoms. The first kappa shape index (κ1) is 21.8. The predicted molar refractivity (Wildman–Crippen MR) is 105 cm³/mol. The van der Waals surface area contributed by atoms with Crippen LogP contribution in [0.4, 0.5) is 0 Å². The Morgan fingerprint density at radius 3 is 2.41 bits per heavy atom. The number of hydrogen-bond donors (Lipinski definition) is 1. The molecule has 1 aliphatic heterocycles. The Labute approximate surface area is 162 Å². The quantitative estimate of drug-likeness (QED) is 0.671. The maximum Gasteiger partial charge on any atom is 0.243 e. The molecule has 0 unspecified atom stereocenters. The van der Waals surface area contributed by atoms with Crippen LogP contribution in [0, 0.1) is 5.92 Å². The van der Waals surface area contributed by atoms with Gasteiger partial charge in [0.15, 0.2) is 0 Å². The lowest BCUT2D eigenvalue weighted by Crippen LogP contribution is -2.50. The summed E-state index contributed by atoms with van der Waals surface area (Å²) in [5.74, 6) is 0.329. The van der Waals surface area contributed by atoms with Crippen molar-refractivity contribution in [1.82, 2.24) is 14.5 Å². The maximum absolute atomic E-state index is 13.1. The molecule has 0 radical (unpaired) electrons. The zero-order valence-corrected chi connectivity index (χ0v) is 17.3. The summed E-state index contributed by atoms with van der Waals surface area (Å²) in [4.78, 5) is 14.5. The summed E-state index contributed by atoms with van der Waals surface area (Å²) in [6.07, 6.45) is 0.898. The first-order valence-corrected chi connectivity index (χ1v) is 10.8. The molecule has 0 saturated carbocycles. The highest BCUT2D eigenvalue weighted by atomic mass is 32.2. The molecule has 0 atom stereocenters. The molecule has 152 valence electrons. The van der Waals surface area contributed by atoms with Crippen molar-refractivity contribution < 1.29 is 17.9 Å². The molecule has 0 bridgehead atoms. The lowest BCUT2D eigenvalue weighted by Gasteiger charge is -2.30. The minimum atomic E-state index is -3.76. The molecule has 1 aromatic rings. The summed E-state index contributed by atoms with van der Waals surface area (Å²) in [6.45, 7) is 7.12. The van der Waals surface area contributed by atoms with Crippen LogP contribution in [-0.2, 0) is 26.0 Å². The Bertz CT molecular complexity index is 698. The largest absolute Gasteiger partial charge is 0.383 e. The fourth-order valence-corrected chi connectivity index (χ4v) is 4.43. The molecule has 1 fully saturated rings. The Hall–Kier alpha value is -1.48. The third-order valence-electron chi connectivity index (χ3n) is 4.53. The Balaban J connectivity index is 2.15. The van der Waals surface area contributed by atoms with E-state index in [1.165, 1.54) is 11.4 Å². The van der Waals surface area contributed by atoms with Gasteiger partial charge in [-0.3, -0.25) is 4.79 Å². The lowest BCUT2D eigenvalue weighted by atomic mass is 10.0. The van der Waals surface area contributed by atoms with E-state index in [-0.39, 0.29) is 30.5 Å². The number of nitrogens with zero attached hydrogens (tertiary/aromatic N) is 2. The maximum atomic E-state index is 13.1. The molecule has 7 nitrogen and oxygen atoms in total. The van der Waals surface area contributed by atoms with Crippen molar-refractivity contribution in [2.45, 2.75) is 25.2 Å².